The average molecular weight is 360 g/mol. The molecule has 0 aliphatic rings. The lowest BCUT2D eigenvalue weighted by molar-refractivity contribution is 0.327. The van der Waals surface area contributed by atoms with Crippen molar-refractivity contribution in [3.63, 3.8) is 0 Å². The molecule has 132 valence electrons. The quantitative estimate of drug-likeness (QED) is 0.497. The number of hydrogen-bond donors (Lipinski definition) is 1. The minimum Gasteiger partial charge on any atom is -0.392 e. The number of rotatable bonds is 7. The minimum atomic E-state index is -1.87. The van der Waals surface area contributed by atoms with E-state index in [2.05, 4.69) is 103 Å². The second-order valence-corrected chi connectivity index (χ2v) is 9.72. The van der Waals surface area contributed by atoms with Crippen molar-refractivity contribution in [3.8, 4) is 0 Å². The Bertz CT molecular complexity index is 780. The van der Waals surface area contributed by atoms with Gasteiger partial charge in [0.25, 0.3) is 0 Å². The zero-order chi connectivity index (χ0) is 18.2. The molecule has 0 radical (unpaired) electrons. The third-order valence-corrected chi connectivity index (χ3v) is 8.76. The molecule has 26 heavy (non-hydrogen) atoms. The highest BCUT2D eigenvalue weighted by molar-refractivity contribution is 7.94. The van der Waals surface area contributed by atoms with Crippen LogP contribution in [0, 0.1) is 0 Å². The molecule has 0 aliphatic heterocycles. The van der Waals surface area contributed by atoms with Crippen molar-refractivity contribution in [1.82, 2.24) is 0 Å². The Morgan fingerprint density at radius 1 is 0.731 bits per heavy atom. The van der Waals surface area contributed by atoms with Gasteiger partial charge in [-0.1, -0.05) is 109 Å². The van der Waals surface area contributed by atoms with Gasteiger partial charge in [0.15, 0.2) is 0 Å². The van der Waals surface area contributed by atoms with Gasteiger partial charge in [-0.05, 0) is 35.6 Å². The first-order valence-corrected chi connectivity index (χ1v) is 10.8. The smallest absolute Gasteiger partial charge is 0.0639 e. The molecule has 0 bridgehead atoms. The Kier molecular flexibility index (Phi) is 6.28. The molecule has 3 aromatic carbocycles. The van der Waals surface area contributed by atoms with E-state index in [0.29, 0.717) is 0 Å². The molecule has 0 atom stereocenters. The summed E-state index contributed by atoms with van der Waals surface area (Å²) < 4.78 is 0. The van der Waals surface area contributed by atoms with E-state index < -0.39 is 6.89 Å². The largest absolute Gasteiger partial charge is 0.392 e. The van der Waals surface area contributed by atoms with Crippen LogP contribution in [-0.2, 0) is 0 Å². The van der Waals surface area contributed by atoms with Crippen molar-refractivity contribution in [2.75, 3.05) is 6.61 Å². The SMILES string of the molecule is C=C(CO)CCC=P(c1ccccc1)(c1ccccc1)c1ccccc1. The normalized spacial score (nSPS) is 11.1. The van der Waals surface area contributed by atoms with Crippen molar-refractivity contribution < 1.29 is 5.11 Å². The Morgan fingerprint density at radius 3 is 1.46 bits per heavy atom. The van der Waals surface area contributed by atoms with Crippen LogP contribution in [0.4, 0.5) is 0 Å². The monoisotopic (exact) mass is 360 g/mol. The summed E-state index contributed by atoms with van der Waals surface area (Å²) in [5.41, 5.74) is 0.883. The fourth-order valence-electron chi connectivity index (χ4n) is 3.29. The van der Waals surface area contributed by atoms with Gasteiger partial charge in [-0.3, -0.25) is 0 Å². The first kappa shape index (κ1) is 18.5. The molecule has 1 nitrogen and oxygen atoms in total. The summed E-state index contributed by atoms with van der Waals surface area (Å²) in [4.78, 5) is 0. The van der Waals surface area contributed by atoms with Crippen LogP contribution in [0.5, 0.6) is 0 Å². The second-order valence-electron chi connectivity index (χ2n) is 6.36. The summed E-state index contributed by atoms with van der Waals surface area (Å²) >= 11 is 0. The van der Waals surface area contributed by atoms with Crippen LogP contribution in [0.2, 0.25) is 0 Å². The van der Waals surface area contributed by atoms with Crippen molar-refractivity contribution >= 4 is 28.6 Å². The maximum atomic E-state index is 9.31. The van der Waals surface area contributed by atoms with Gasteiger partial charge in [-0.2, -0.15) is 0 Å². The maximum Gasteiger partial charge on any atom is 0.0639 e. The lowest BCUT2D eigenvalue weighted by Crippen LogP contribution is -2.27. The molecule has 0 heterocycles. The molecule has 0 saturated carbocycles. The Morgan fingerprint density at radius 2 is 1.12 bits per heavy atom. The highest BCUT2D eigenvalue weighted by Crippen LogP contribution is 2.44. The molecule has 2 heteroatoms. The molecule has 3 aromatic rings. The lowest BCUT2D eigenvalue weighted by Gasteiger charge is -2.29. The maximum absolute atomic E-state index is 9.31. The van der Waals surface area contributed by atoms with E-state index in [1.165, 1.54) is 15.9 Å². The third-order valence-electron chi connectivity index (χ3n) is 4.61. The highest BCUT2D eigenvalue weighted by Gasteiger charge is 2.24. The topological polar surface area (TPSA) is 20.2 Å². The van der Waals surface area contributed by atoms with Gasteiger partial charge in [-0.15, -0.1) is 0 Å². The fraction of sp³-hybridized carbons (Fsp3) is 0.125. The molecule has 0 aliphatic carbocycles. The van der Waals surface area contributed by atoms with Crippen molar-refractivity contribution in [2.45, 2.75) is 12.8 Å². The molecule has 0 amide bonds. The number of aliphatic hydroxyl groups is 1. The summed E-state index contributed by atoms with van der Waals surface area (Å²) in [5.74, 6) is 2.48. The summed E-state index contributed by atoms with van der Waals surface area (Å²) in [6, 6.07) is 32.4. The summed E-state index contributed by atoms with van der Waals surface area (Å²) in [7, 11) is 0. The average Bonchev–Trinajstić information content (AvgIpc) is 2.73. The minimum absolute atomic E-state index is 0.0568. The highest BCUT2D eigenvalue weighted by atomic mass is 31.2. The predicted octanol–water partition coefficient (Wildman–Crippen LogP) is 4.11. The number of hydrogen-bond acceptors (Lipinski definition) is 1. The van der Waals surface area contributed by atoms with E-state index >= 15 is 0 Å². The predicted molar refractivity (Wildman–Crippen MR) is 117 cm³/mol. The molecule has 3 rings (SSSR count). The molecule has 0 spiro atoms. The van der Waals surface area contributed by atoms with E-state index in [-0.39, 0.29) is 6.61 Å². The van der Waals surface area contributed by atoms with E-state index in [1.54, 1.807) is 0 Å². The second kappa shape index (κ2) is 8.85. The van der Waals surface area contributed by atoms with Crippen molar-refractivity contribution in [1.29, 1.82) is 0 Å². The van der Waals surface area contributed by atoms with Gasteiger partial charge in [0.1, 0.15) is 0 Å². The Labute approximate surface area is 156 Å². The molecular formula is C24H25OP. The van der Waals surface area contributed by atoms with Crippen molar-refractivity contribution in [3.05, 3.63) is 103 Å². The van der Waals surface area contributed by atoms with Gasteiger partial charge in [0, 0.05) is 0 Å². The first-order chi connectivity index (χ1) is 12.8. The van der Waals surface area contributed by atoms with Crippen molar-refractivity contribution in [2.24, 2.45) is 0 Å². The van der Waals surface area contributed by atoms with Gasteiger partial charge in [0.2, 0.25) is 0 Å². The first-order valence-electron chi connectivity index (χ1n) is 8.95. The van der Waals surface area contributed by atoms with Gasteiger partial charge in [0.05, 0.1) is 6.61 Å². The molecule has 1 N–H and O–H groups in total. The number of aliphatic hydroxyl groups excluding tert-OH is 1. The van der Waals surface area contributed by atoms with Crippen LogP contribution >= 0.6 is 6.89 Å². The molecule has 0 unspecified atom stereocenters. The molecule has 0 fully saturated rings. The zero-order valence-corrected chi connectivity index (χ0v) is 15.9. The zero-order valence-electron chi connectivity index (χ0n) is 15.0. The lowest BCUT2D eigenvalue weighted by atomic mass is 10.2. The standard InChI is InChI=1S/C24H25OP/c1-21(20-25)12-11-19-26(22-13-5-2-6-14-22,23-15-7-3-8-16-23)24-17-9-4-10-18-24/h2-10,13-19,25H,1,11-12,20H2. The van der Waals surface area contributed by atoms with Crippen LogP contribution in [0.1, 0.15) is 12.8 Å². The van der Waals surface area contributed by atoms with Gasteiger partial charge < -0.3 is 5.11 Å². The summed E-state index contributed by atoms with van der Waals surface area (Å²) in [5, 5.41) is 13.4. The number of benzene rings is 3. The van der Waals surface area contributed by atoms with E-state index in [1.807, 2.05) is 0 Å². The van der Waals surface area contributed by atoms with Gasteiger partial charge in [-0.25, -0.2) is 0 Å². The molecule has 0 saturated heterocycles. The van der Waals surface area contributed by atoms with Crippen LogP contribution in [0.25, 0.3) is 0 Å². The fourth-order valence-corrected chi connectivity index (χ4v) is 7.26. The third kappa shape index (κ3) is 3.90. The summed E-state index contributed by atoms with van der Waals surface area (Å²) in [6.45, 7) is 2.14. The van der Waals surface area contributed by atoms with Gasteiger partial charge >= 0.3 is 0 Å². The Hall–Kier alpha value is -2.34. The van der Waals surface area contributed by atoms with Crippen LogP contribution in [0.15, 0.2) is 103 Å². The Balaban J connectivity index is 2.25. The molecular weight excluding hydrogens is 335 g/mol. The van der Waals surface area contributed by atoms with Crippen LogP contribution < -0.4 is 15.9 Å². The molecule has 0 aromatic heterocycles. The summed E-state index contributed by atoms with van der Waals surface area (Å²) in [6.07, 6.45) is 1.70. The van der Waals surface area contributed by atoms with Crippen LogP contribution in [-0.4, -0.2) is 17.5 Å². The van der Waals surface area contributed by atoms with E-state index in [9.17, 15) is 5.11 Å². The van der Waals surface area contributed by atoms with E-state index in [0.717, 1.165) is 18.4 Å². The van der Waals surface area contributed by atoms with Crippen LogP contribution in [0.3, 0.4) is 0 Å². The van der Waals surface area contributed by atoms with E-state index in [4.69, 9.17) is 0 Å².